The third-order valence-electron chi connectivity index (χ3n) is 4.24. The van der Waals surface area contributed by atoms with E-state index in [2.05, 4.69) is 29.8 Å². The first-order chi connectivity index (χ1) is 9.27. The quantitative estimate of drug-likeness (QED) is 0.744. The molecule has 1 saturated heterocycles. The Kier molecular flexibility index (Phi) is 5.82. The molecule has 0 bridgehead atoms. The fourth-order valence-electron chi connectivity index (χ4n) is 2.81. The van der Waals surface area contributed by atoms with E-state index in [1.807, 2.05) is 11.3 Å². The summed E-state index contributed by atoms with van der Waals surface area (Å²) in [7, 11) is 1.75. The summed E-state index contributed by atoms with van der Waals surface area (Å²) in [5.41, 5.74) is 0.289. The molecule has 2 unspecified atom stereocenters. The van der Waals surface area contributed by atoms with Crippen LogP contribution in [0.2, 0.25) is 0 Å². The van der Waals surface area contributed by atoms with Gasteiger partial charge in [-0.1, -0.05) is 6.07 Å². The molecule has 1 fully saturated rings. The number of rotatable bonds is 8. The molecule has 0 aromatic carbocycles. The summed E-state index contributed by atoms with van der Waals surface area (Å²) in [6, 6.07) is 4.37. The highest BCUT2D eigenvalue weighted by molar-refractivity contribution is 7.09. The molecule has 3 nitrogen and oxygen atoms in total. The number of hydrogen-bond acceptors (Lipinski definition) is 4. The molecular weight excluding hydrogens is 258 g/mol. The molecule has 1 aromatic rings. The summed E-state index contributed by atoms with van der Waals surface area (Å²) in [6.45, 7) is 5.85. The minimum atomic E-state index is 0.289. The maximum atomic E-state index is 5.83. The van der Waals surface area contributed by atoms with Crippen molar-refractivity contribution in [2.75, 3.05) is 33.4 Å². The lowest BCUT2D eigenvalue weighted by molar-refractivity contribution is 0.0576. The van der Waals surface area contributed by atoms with Gasteiger partial charge in [-0.05, 0) is 37.6 Å². The smallest absolute Gasteiger partial charge is 0.0616 e. The molecule has 2 rings (SSSR count). The maximum Gasteiger partial charge on any atom is 0.0616 e. The molecular formula is C15H25NO2S. The van der Waals surface area contributed by atoms with Crippen LogP contribution in [0.1, 0.15) is 24.6 Å². The van der Waals surface area contributed by atoms with Gasteiger partial charge in [-0.3, -0.25) is 0 Å². The van der Waals surface area contributed by atoms with E-state index in [1.54, 1.807) is 7.11 Å². The summed E-state index contributed by atoms with van der Waals surface area (Å²) >= 11 is 1.86. The lowest BCUT2D eigenvalue weighted by Crippen LogP contribution is -2.40. The van der Waals surface area contributed by atoms with Crippen LogP contribution in [0.4, 0.5) is 0 Å². The van der Waals surface area contributed by atoms with Gasteiger partial charge >= 0.3 is 0 Å². The van der Waals surface area contributed by atoms with Crippen LogP contribution in [0, 0.1) is 5.41 Å². The minimum Gasteiger partial charge on any atom is -0.383 e. The fraction of sp³-hybridized carbons (Fsp3) is 0.733. The SMILES string of the molecule is COCCNCC1(CCc2cccs2)CCOC1C. The number of ether oxygens (including phenoxy) is 2. The monoisotopic (exact) mass is 283 g/mol. The summed E-state index contributed by atoms with van der Waals surface area (Å²) in [6.07, 6.45) is 3.88. The van der Waals surface area contributed by atoms with Gasteiger partial charge in [0.2, 0.25) is 0 Å². The number of hydrogen-bond donors (Lipinski definition) is 1. The van der Waals surface area contributed by atoms with Crippen LogP contribution in [0.5, 0.6) is 0 Å². The molecule has 2 atom stereocenters. The fourth-order valence-corrected chi connectivity index (χ4v) is 3.52. The van der Waals surface area contributed by atoms with Gasteiger partial charge in [0.1, 0.15) is 0 Å². The Morgan fingerprint density at radius 1 is 1.58 bits per heavy atom. The molecule has 0 amide bonds. The van der Waals surface area contributed by atoms with Gasteiger partial charge < -0.3 is 14.8 Å². The van der Waals surface area contributed by atoms with Crippen molar-refractivity contribution in [2.24, 2.45) is 5.41 Å². The van der Waals surface area contributed by atoms with Gasteiger partial charge in [0, 0.05) is 37.1 Å². The largest absolute Gasteiger partial charge is 0.383 e. The van der Waals surface area contributed by atoms with E-state index in [0.29, 0.717) is 6.10 Å². The first kappa shape index (κ1) is 15.0. The molecule has 0 spiro atoms. The number of methoxy groups -OCH3 is 1. The second-order valence-corrected chi connectivity index (χ2v) is 6.41. The summed E-state index contributed by atoms with van der Waals surface area (Å²) in [4.78, 5) is 1.48. The molecule has 0 aliphatic carbocycles. The zero-order valence-corrected chi connectivity index (χ0v) is 12.8. The Labute approximate surface area is 120 Å². The molecule has 0 saturated carbocycles. The Morgan fingerprint density at radius 2 is 2.47 bits per heavy atom. The number of aryl methyl sites for hydroxylation is 1. The van der Waals surface area contributed by atoms with E-state index in [4.69, 9.17) is 9.47 Å². The van der Waals surface area contributed by atoms with Crippen molar-refractivity contribution in [2.45, 2.75) is 32.3 Å². The van der Waals surface area contributed by atoms with E-state index >= 15 is 0 Å². The molecule has 0 radical (unpaired) electrons. The number of nitrogens with one attached hydrogen (secondary N) is 1. The summed E-state index contributed by atoms with van der Waals surface area (Å²) in [5.74, 6) is 0. The topological polar surface area (TPSA) is 30.5 Å². The lowest BCUT2D eigenvalue weighted by atomic mass is 9.77. The standard InChI is InChI=1S/C15H25NO2S/c1-13-15(7-9-18-13,12-16-8-10-17-2)6-5-14-4-3-11-19-14/h3-4,11,13,16H,5-10,12H2,1-2H3. The van der Waals surface area contributed by atoms with Gasteiger partial charge in [-0.2, -0.15) is 0 Å². The van der Waals surface area contributed by atoms with Gasteiger partial charge in [-0.15, -0.1) is 11.3 Å². The van der Waals surface area contributed by atoms with Gasteiger partial charge in [-0.25, -0.2) is 0 Å². The van der Waals surface area contributed by atoms with Crippen molar-refractivity contribution in [3.63, 3.8) is 0 Å². The van der Waals surface area contributed by atoms with Crippen LogP contribution >= 0.6 is 11.3 Å². The van der Waals surface area contributed by atoms with Crippen molar-refractivity contribution >= 4 is 11.3 Å². The highest BCUT2D eigenvalue weighted by atomic mass is 32.1. The predicted molar refractivity (Wildman–Crippen MR) is 79.8 cm³/mol. The van der Waals surface area contributed by atoms with E-state index in [9.17, 15) is 0 Å². The van der Waals surface area contributed by atoms with Crippen molar-refractivity contribution in [1.82, 2.24) is 5.32 Å². The average molecular weight is 283 g/mol. The van der Waals surface area contributed by atoms with Gasteiger partial charge in [0.05, 0.1) is 12.7 Å². The lowest BCUT2D eigenvalue weighted by Gasteiger charge is -2.32. The Morgan fingerprint density at radius 3 is 3.11 bits per heavy atom. The maximum absolute atomic E-state index is 5.83. The van der Waals surface area contributed by atoms with Crippen molar-refractivity contribution in [1.29, 1.82) is 0 Å². The molecule has 1 aliphatic heterocycles. The third kappa shape index (κ3) is 4.02. The van der Waals surface area contributed by atoms with Crippen LogP contribution in [0.25, 0.3) is 0 Å². The Hall–Kier alpha value is -0.420. The van der Waals surface area contributed by atoms with Gasteiger partial charge in [0.25, 0.3) is 0 Å². The Bertz CT molecular complexity index is 355. The van der Waals surface area contributed by atoms with Crippen molar-refractivity contribution in [3.8, 4) is 0 Å². The van der Waals surface area contributed by atoms with E-state index in [-0.39, 0.29) is 5.41 Å². The normalized spacial score (nSPS) is 26.9. The summed E-state index contributed by atoms with van der Waals surface area (Å²) < 4.78 is 10.9. The summed E-state index contributed by atoms with van der Waals surface area (Å²) in [5, 5.41) is 5.69. The van der Waals surface area contributed by atoms with E-state index < -0.39 is 0 Å². The molecule has 108 valence electrons. The molecule has 2 heterocycles. The number of thiophene rings is 1. The van der Waals surface area contributed by atoms with Crippen LogP contribution in [-0.2, 0) is 15.9 Å². The highest BCUT2D eigenvalue weighted by Crippen LogP contribution is 2.39. The minimum absolute atomic E-state index is 0.289. The zero-order valence-electron chi connectivity index (χ0n) is 12.0. The zero-order chi connectivity index (χ0) is 13.6. The van der Waals surface area contributed by atoms with Crippen LogP contribution in [0.15, 0.2) is 17.5 Å². The predicted octanol–water partition coefficient (Wildman–Crippen LogP) is 2.71. The first-order valence-corrected chi connectivity index (χ1v) is 7.98. The van der Waals surface area contributed by atoms with E-state index in [0.717, 1.165) is 32.7 Å². The van der Waals surface area contributed by atoms with Crippen LogP contribution in [0.3, 0.4) is 0 Å². The van der Waals surface area contributed by atoms with E-state index in [1.165, 1.54) is 17.7 Å². The first-order valence-electron chi connectivity index (χ1n) is 7.10. The van der Waals surface area contributed by atoms with Crippen LogP contribution < -0.4 is 5.32 Å². The van der Waals surface area contributed by atoms with Crippen molar-refractivity contribution in [3.05, 3.63) is 22.4 Å². The van der Waals surface area contributed by atoms with Gasteiger partial charge in [0.15, 0.2) is 0 Å². The van der Waals surface area contributed by atoms with Crippen molar-refractivity contribution < 1.29 is 9.47 Å². The second-order valence-electron chi connectivity index (χ2n) is 5.37. The molecule has 1 aromatic heterocycles. The second kappa shape index (κ2) is 7.39. The Balaban J connectivity index is 1.87. The highest BCUT2D eigenvalue weighted by Gasteiger charge is 2.40. The average Bonchev–Trinajstić information content (AvgIpc) is 3.04. The third-order valence-corrected chi connectivity index (χ3v) is 5.18. The molecule has 1 aliphatic rings. The van der Waals surface area contributed by atoms with Crippen LogP contribution in [-0.4, -0.2) is 39.5 Å². The molecule has 1 N–H and O–H groups in total. The molecule has 4 heteroatoms. The molecule has 19 heavy (non-hydrogen) atoms.